The zero-order chi connectivity index (χ0) is 20.0. The van der Waals surface area contributed by atoms with Crippen LogP contribution in [0.1, 0.15) is 50.8 Å². The number of anilines is 3. The minimum Gasteiger partial charge on any atom is -0.398 e. The molecule has 0 bridgehead atoms. The van der Waals surface area contributed by atoms with Crippen LogP contribution in [0.15, 0.2) is 35.2 Å². The summed E-state index contributed by atoms with van der Waals surface area (Å²) in [7, 11) is 0. The number of fused-ring (bicyclic) bond motifs is 1. The maximum atomic E-state index is 6.59. The van der Waals surface area contributed by atoms with Gasteiger partial charge in [0, 0.05) is 22.0 Å². The van der Waals surface area contributed by atoms with Gasteiger partial charge in [-0.3, -0.25) is 0 Å². The molecule has 3 nitrogen and oxygen atoms in total. The van der Waals surface area contributed by atoms with E-state index in [-0.39, 0.29) is 10.8 Å². The number of nitrogen functional groups attached to an aromatic ring is 1. The number of thiocarbonyl (C=S) groups is 1. The van der Waals surface area contributed by atoms with Gasteiger partial charge in [0.1, 0.15) is 0 Å². The number of thioether (sulfide) groups is 1. The van der Waals surface area contributed by atoms with E-state index in [9.17, 15) is 0 Å². The maximum absolute atomic E-state index is 6.59. The molecule has 0 aromatic heterocycles. The second-order valence-corrected chi connectivity index (χ2v) is 9.93. The highest BCUT2D eigenvalue weighted by atomic mass is 32.2. The Bertz CT molecular complexity index is 901. The van der Waals surface area contributed by atoms with Gasteiger partial charge in [-0.2, -0.15) is 0 Å². The average molecular weight is 400 g/mol. The van der Waals surface area contributed by atoms with Gasteiger partial charge >= 0.3 is 0 Å². The summed E-state index contributed by atoms with van der Waals surface area (Å²) in [5.74, 6) is 0. The summed E-state index contributed by atoms with van der Waals surface area (Å²) in [5.41, 5.74) is 13.3. The number of hydrogen-bond donors (Lipinski definition) is 3. The van der Waals surface area contributed by atoms with Crippen molar-refractivity contribution in [1.82, 2.24) is 0 Å². The fourth-order valence-electron chi connectivity index (χ4n) is 4.47. The summed E-state index contributed by atoms with van der Waals surface area (Å²) in [6, 6.07) is 10.5. The van der Waals surface area contributed by atoms with Gasteiger partial charge in [-0.15, -0.1) is 11.8 Å². The molecule has 1 aliphatic rings. The molecule has 0 heterocycles. The molecule has 0 amide bonds. The summed E-state index contributed by atoms with van der Waals surface area (Å²) in [6.45, 7) is 11.2. The molecule has 0 aliphatic heterocycles. The molecular formula is C22H29N3S2. The summed E-state index contributed by atoms with van der Waals surface area (Å²) in [6.07, 6.45) is 3.15. The monoisotopic (exact) mass is 399 g/mol. The lowest BCUT2D eigenvalue weighted by molar-refractivity contribution is 0.403. The fraction of sp³-hybridized carbons (Fsp3) is 0.409. The molecule has 3 rings (SSSR count). The van der Waals surface area contributed by atoms with Crippen LogP contribution >= 0.6 is 24.0 Å². The predicted octanol–water partition coefficient (Wildman–Crippen LogP) is 6.07. The lowest BCUT2D eigenvalue weighted by Gasteiger charge is -2.23. The first-order valence-electron chi connectivity index (χ1n) is 9.21. The van der Waals surface area contributed by atoms with Crippen LogP contribution in [0.5, 0.6) is 0 Å². The Morgan fingerprint density at radius 1 is 1.11 bits per heavy atom. The van der Waals surface area contributed by atoms with Gasteiger partial charge in [0.2, 0.25) is 0 Å². The second kappa shape index (κ2) is 7.02. The molecule has 0 fully saturated rings. The lowest BCUT2D eigenvalue weighted by Crippen LogP contribution is -2.21. The lowest BCUT2D eigenvalue weighted by atomic mass is 9.81. The van der Waals surface area contributed by atoms with Crippen molar-refractivity contribution in [1.29, 1.82) is 0 Å². The van der Waals surface area contributed by atoms with Crippen molar-refractivity contribution < 1.29 is 0 Å². The van der Waals surface area contributed by atoms with E-state index in [1.54, 1.807) is 11.8 Å². The Morgan fingerprint density at radius 3 is 2.48 bits per heavy atom. The molecular weight excluding hydrogens is 370 g/mol. The first-order valence-corrected chi connectivity index (χ1v) is 10.8. The smallest absolute Gasteiger partial charge is 0.175 e. The van der Waals surface area contributed by atoms with E-state index in [2.05, 4.69) is 69.7 Å². The second-order valence-electron chi connectivity index (χ2n) is 8.64. The molecule has 0 saturated carbocycles. The van der Waals surface area contributed by atoms with E-state index in [1.165, 1.54) is 16.0 Å². The van der Waals surface area contributed by atoms with Crippen molar-refractivity contribution in [2.24, 2.45) is 0 Å². The van der Waals surface area contributed by atoms with Crippen LogP contribution in [0.2, 0.25) is 0 Å². The maximum Gasteiger partial charge on any atom is 0.175 e. The van der Waals surface area contributed by atoms with E-state index in [4.69, 9.17) is 18.0 Å². The summed E-state index contributed by atoms with van der Waals surface area (Å²) < 4.78 is 0. The van der Waals surface area contributed by atoms with Crippen LogP contribution in [0.3, 0.4) is 0 Å². The van der Waals surface area contributed by atoms with Crippen molar-refractivity contribution in [2.45, 2.75) is 56.8 Å². The third-order valence-electron chi connectivity index (χ3n) is 5.50. The Kier molecular flexibility index (Phi) is 5.21. The summed E-state index contributed by atoms with van der Waals surface area (Å²) >= 11 is 7.27. The summed E-state index contributed by atoms with van der Waals surface area (Å²) in [4.78, 5) is 1.20. The van der Waals surface area contributed by atoms with Gasteiger partial charge in [-0.25, -0.2) is 0 Å². The largest absolute Gasteiger partial charge is 0.398 e. The number of benzene rings is 2. The molecule has 144 valence electrons. The molecule has 27 heavy (non-hydrogen) atoms. The van der Waals surface area contributed by atoms with Crippen LogP contribution in [0.4, 0.5) is 17.1 Å². The average Bonchev–Trinajstić information content (AvgIpc) is 2.76. The topological polar surface area (TPSA) is 50.1 Å². The minimum absolute atomic E-state index is 0.0865. The Hall–Kier alpha value is -1.72. The quantitative estimate of drug-likeness (QED) is 0.332. The number of rotatable bonds is 3. The Labute approximate surface area is 172 Å². The van der Waals surface area contributed by atoms with Crippen molar-refractivity contribution in [3.05, 3.63) is 47.0 Å². The highest BCUT2D eigenvalue weighted by molar-refractivity contribution is 7.98. The molecule has 4 N–H and O–H groups in total. The Morgan fingerprint density at radius 2 is 1.81 bits per heavy atom. The van der Waals surface area contributed by atoms with Crippen LogP contribution in [0, 0.1) is 6.92 Å². The van der Waals surface area contributed by atoms with E-state index in [0.29, 0.717) is 5.11 Å². The number of nitrogens with two attached hydrogens (primary N) is 1. The zero-order valence-corrected chi connectivity index (χ0v) is 18.6. The van der Waals surface area contributed by atoms with E-state index >= 15 is 0 Å². The number of nitrogens with one attached hydrogen (secondary N) is 2. The highest BCUT2D eigenvalue weighted by Gasteiger charge is 2.43. The summed E-state index contributed by atoms with van der Waals surface area (Å²) in [5, 5.41) is 7.22. The SMILES string of the molecule is CSc1cccc(NC(=S)Nc2cc3c(c(N)c2C)C(C)(C)CC3(C)C)c1. The van der Waals surface area contributed by atoms with Crippen LogP contribution in [0.25, 0.3) is 0 Å². The van der Waals surface area contributed by atoms with Crippen molar-refractivity contribution >= 4 is 46.2 Å². The molecule has 0 spiro atoms. The molecule has 2 aromatic rings. The molecule has 5 heteroatoms. The van der Waals surface area contributed by atoms with Gasteiger partial charge in [0.15, 0.2) is 5.11 Å². The normalized spacial score (nSPS) is 16.7. The molecule has 0 atom stereocenters. The molecule has 0 unspecified atom stereocenters. The van der Waals surface area contributed by atoms with Crippen LogP contribution < -0.4 is 16.4 Å². The fourth-order valence-corrected chi connectivity index (χ4v) is 5.16. The van der Waals surface area contributed by atoms with Crippen molar-refractivity contribution in [2.75, 3.05) is 22.6 Å². The molecule has 1 aliphatic carbocycles. The highest BCUT2D eigenvalue weighted by Crippen LogP contribution is 2.53. The van der Waals surface area contributed by atoms with Gasteiger partial charge in [-0.1, -0.05) is 33.8 Å². The minimum atomic E-state index is 0.0865. The number of hydrogen-bond acceptors (Lipinski definition) is 3. The van der Waals surface area contributed by atoms with Crippen LogP contribution in [-0.2, 0) is 10.8 Å². The van der Waals surface area contributed by atoms with Crippen LogP contribution in [-0.4, -0.2) is 11.4 Å². The molecule has 0 radical (unpaired) electrons. The first-order chi connectivity index (χ1) is 12.5. The van der Waals surface area contributed by atoms with Gasteiger partial charge in [0.25, 0.3) is 0 Å². The van der Waals surface area contributed by atoms with Crippen molar-refractivity contribution in [3.63, 3.8) is 0 Å². The third kappa shape index (κ3) is 3.81. The third-order valence-corrected chi connectivity index (χ3v) is 6.43. The van der Waals surface area contributed by atoms with Gasteiger partial charge in [0.05, 0.1) is 0 Å². The van der Waals surface area contributed by atoms with E-state index in [0.717, 1.165) is 29.0 Å². The van der Waals surface area contributed by atoms with E-state index < -0.39 is 0 Å². The predicted molar refractivity (Wildman–Crippen MR) is 124 cm³/mol. The van der Waals surface area contributed by atoms with E-state index in [1.807, 2.05) is 12.1 Å². The molecule has 0 saturated heterocycles. The molecule has 2 aromatic carbocycles. The first kappa shape index (κ1) is 20.0. The van der Waals surface area contributed by atoms with Crippen molar-refractivity contribution in [3.8, 4) is 0 Å². The zero-order valence-electron chi connectivity index (χ0n) is 17.0. The van der Waals surface area contributed by atoms with Gasteiger partial charge in [-0.05, 0) is 83.6 Å². The standard InChI is InChI=1S/C22H29N3S2/c1-13-17(25-20(26)24-14-8-7-9-15(10-14)27-6)11-16-18(19(13)23)22(4,5)12-21(16,2)3/h7-11H,12,23H2,1-6H3,(H2,24,25,26). The van der Waals surface area contributed by atoms with Gasteiger partial charge < -0.3 is 16.4 Å². The Balaban J connectivity index is 1.90.